The van der Waals surface area contributed by atoms with Crippen LogP contribution in [0.15, 0.2) is 6.20 Å². The van der Waals surface area contributed by atoms with E-state index in [2.05, 4.69) is 36.1 Å². The molecule has 5 heteroatoms. The maximum Gasteiger partial charge on any atom is 0.316 e. The minimum Gasteiger partial charge on any atom is -0.458 e. The Morgan fingerprint density at radius 3 is 2.60 bits per heavy atom. The van der Waals surface area contributed by atoms with Gasteiger partial charge < -0.3 is 14.8 Å². The first-order chi connectivity index (χ1) is 9.31. The molecule has 0 aromatic carbocycles. The van der Waals surface area contributed by atoms with Gasteiger partial charge in [0.15, 0.2) is 0 Å². The standard InChI is InChI=1S/C15H27N3O2/c1-7-19-10-11(2)20-14-16-8-13(12(3)18-14)9-17-15(4,5)6/h8,11,17H,7,9-10H2,1-6H3. The van der Waals surface area contributed by atoms with Crippen LogP contribution in [-0.4, -0.2) is 34.8 Å². The number of aromatic nitrogens is 2. The van der Waals surface area contributed by atoms with Crippen LogP contribution in [0, 0.1) is 6.92 Å². The molecular weight excluding hydrogens is 254 g/mol. The summed E-state index contributed by atoms with van der Waals surface area (Å²) < 4.78 is 10.9. The van der Waals surface area contributed by atoms with Gasteiger partial charge in [-0.2, -0.15) is 0 Å². The van der Waals surface area contributed by atoms with E-state index in [4.69, 9.17) is 9.47 Å². The molecule has 0 saturated carbocycles. The molecule has 0 aliphatic carbocycles. The van der Waals surface area contributed by atoms with Gasteiger partial charge in [0.2, 0.25) is 0 Å². The van der Waals surface area contributed by atoms with Gasteiger partial charge in [-0.05, 0) is 41.5 Å². The predicted octanol–water partition coefficient (Wildman–Crippen LogP) is 2.48. The Morgan fingerprint density at radius 1 is 1.35 bits per heavy atom. The van der Waals surface area contributed by atoms with Crippen LogP contribution < -0.4 is 10.1 Å². The van der Waals surface area contributed by atoms with Crippen molar-refractivity contribution in [1.82, 2.24) is 15.3 Å². The first-order valence-electron chi connectivity index (χ1n) is 7.13. The molecule has 0 radical (unpaired) electrons. The van der Waals surface area contributed by atoms with Crippen molar-refractivity contribution in [3.05, 3.63) is 17.5 Å². The van der Waals surface area contributed by atoms with Crippen LogP contribution in [0.5, 0.6) is 6.01 Å². The Bertz CT molecular complexity index is 416. The highest BCUT2D eigenvalue weighted by atomic mass is 16.5. The van der Waals surface area contributed by atoms with E-state index in [0.29, 0.717) is 19.2 Å². The van der Waals surface area contributed by atoms with Gasteiger partial charge in [0.05, 0.1) is 6.61 Å². The highest BCUT2D eigenvalue weighted by Gasteiger charge is 2.12. The Hall–Kier alpha value is -1.20. The van der Waals surface area contributed by atoms with Crippen molar-refractivity contribution >= 4 is 0 Å². The summed E-state index contributed by atoms with van der Waals surface area (Å²) in [6.07, 6.45) is 1.77. The molecule has 1 aromatic heterocycles. The third-order valence-electron chi connectivity index (χ3n) is 2.73. The second kappa shape index (κ2) is 7.55. The summed E-state index contributed by atoms with van der Waals surface area (Å²) in [5.74, 6) is 0. The van der Waals surface area contributed by atoms with Crippen LogP contribution in [0.2, 0.25) is 0 Å². The van der Waals surface area contributed by atoms with Gasteiger partial charge >= 0.3 is 6.01 Å². The van der Waals surface area contributed by atoms with Crippen LogP contribution in [-0.2, 0) is 11.3 Å². The molecule has 0 spiro atoms. The average Bonchev–Trinajstić information content (AvgIpc) is 2.34. The van der Waals surface area contributed by atoms with Gasteiger partial charge in [-0.3, -0.25) is 0 Å². The van der Waals surface area contributed by atoms with Crippen LogP contribution in [0.3, 0.4) is 0 Å². The number of ether oxygens (including phenoxy) is 2. The van der Waals surface area contributed by atoms with Crippen LogP contribution in [0.1, 0.15) is 45.9 Å². The zero-order chi connectivity index (χ0) is 15.2. The van der Waals surface area contributed by atoms with E-state index >= 15 is 0 Å². The second-order valence-corrected chi connectivity index (χ2v) is 5.95. The van der Waals surface area contributed by atoms with E-state index in [9.17, 15) is 0 Å². The third-order valence-corrected chi connectivity index (χ3v) is 2.73. The van der Waals surface area contributed by atoms with Crippen LogP contribution in [0.25, 0.3) is 0 Å². The van der Waals surface area contributed by atoms with Gasteiger partial charge in [-0.1, -0.05) is 0 Å². The van der Waals surface area contributed by atoms with E-state index in [0.717, 1.165) is 17.8 Å². The van der Waals surface area contributed by atoms with Gasteiger partial charge in [-0.15, -0.1) is 0 Å². The van der Waals surface area contributed by atoms with Gasteiger partial charge in [0, 0.05) is 36.1 Å². The number of nitrogens with zero attached hydrogens (tertiary/aromatic N) is 2. The largest absolute Gasteiger partial charge is 0.458 e. The molecule has 0 bridgehead atoms. The molecule has 0 aliphatic heterocycles. The fourth-order valence-electron chi connectivity index (χ4n) is 1.56. The number of hydrogen-bond acceptors (Lipinski definition) is 5. The zero-order valence-corrected chi connectivity index (χ0v) is 13.5. The molecule has 0 fully saturated rings. The summed E-state index contributed by atoms with van der Waals surface area (Å²) in [5.41, 5.74) is 2.10. The third kappa shape index (κ3) is 6.30. The molecule has 0 aliphatic rings. The van der Waals surface area contributed by atoms with Crippen molar-refractivity contribution in [2.45, 2.75) is 59.7 Å². The average molecular weight is 281 g/mol. The van der Waals surface area contributed by atoms with Gasteiger partial charge in [-0.25, -0.2) is 9.97 Å². The Labute approximate surface area is 122 Å². The van der Waals surface area contributed by atoms with E-state index in [-0.39, 0.29) is 11.6 Å². The molecule has 1 atom stereocenters. The minimum absolute atomic E-state index is 0.0482. The number of hydrogen-bond donors (Lipinski definition) is 1. The van der Waals surface area contributed by atoms with Crippen molar-refractivity contribution < 1.29 is 9.47 Å². The lowest BCUT2D eigenvalue weighted by Gasteiger charge is -2.21. The smallest absolute Gasteiger partial charge is 0.316 e. The quantitative estimate of drug-likeness (QED) is 0.832. The number of nitrogens with one attached hydrogen (secondary N) is 1. The molecule has 1 N–H and O–H groups in total. The van der Waals surface area contributed by atoms with Crippen molar-refractivity contribution in [3.63, 3.8) is 0 Å². The number of aryl methyl sites for hydroxylation is 1. The van der Waals surface area contributed by atoms with Crippen molar-refractivity contribution in [3.8, 4) is 6.01 Å². The summed E-state index contributed by atoms with van der Waals surface area (Å²) in [7, 11) is 0. The van der Waals surface area contributed by atoms with Crippen LogP contribution in [0.4, 0.5) is 0 Å². The second-order valence-electron chi connectivity index (χ2n) is 5.95. The van der Waals surface area contributed by atoms with Gasteiger partial charge in [0.25, 0.3) is 0 Å². The molecule has 1 heterocycles. The summed E-state index contributed by atoms with van der Waals surface area (Å²) >= 11 is 0. The SMILES string of the molecule is CCOCC(C)Oc1ncc(CNC(C)(C)C)c(C)n1. The van der Waals surface area contributed by atoms with E-state index in [1.54, 1.807) is 0 Å². The summed E-state index contributed by atoms with van der Waals surface area (Å²) in [6.45, 7) is 14.3. The Balaban J connectivity index is 2.59. The minimum atomic E-state index is -0.0482. The molecule has 114 valence electrons. The van der Waals surface area contributed by atoms with Crippen molar-refractivity contribution in [2.24, 2.45) is 0 Å². The predicted molar refractivity (Wildman–Crippen MR) is 79.9 cm³/mol. The number of rotatable bonds is 7. The first kappa shape index (κ1) is 16.9. The summed E-state index contributed by atoms with van der Waals surface area (Å²) in [6, 6.07) is 0.411. The lowest BCUT2D eigenvalue weighted by molar-refractivity contribution is 0.0606. The molecule has 0 amide bonds. The Morgan fingerprint density at radius 2 is 2.05 bits per heavy atom. The topological polar surface area (TPSA) is 56.3 Å². The Kier molecular flexibility index (Phi) is 6.36. The first-order valence-corrected chi connectivity index (χ1v) is 7.13. The highest BCUT2D eigenvalue weighted by Crippen LogP contribution is 2.11. The van der Waals surface area contributed by atoms with Crippen LogP contribution >= 0.6 is 0 Å². The molecule has 20 heavy (non-hydrogen) atoms. The summed E-state index contributed by atoms with van der Waals surface area (Å²) in [5, 5.41) is 3.43. The fourth-order valence-corrected chi connectivity index (χ4v) is 1.56. The molecule has 1 rings (SSSR count). The lowest BCUT2D eigenvalue weighted by Crippen LogP contribution is -2.35. The fraction of sp³-hybridized carbons (Fsp3) is 0.733. The normalized spacial score (nSPS) is 13.3. The zero-order valence-electron chi connectivity index (χ0n) is 13.5. The maximum atomic E-state index is 5.63. The molecule has 1 aromatic rings. The lowest BCUT2D eigenvalue weighted by atomic mass is 10.1. The van der Waals surface area contributed by atoms with Gasteiger partial charge in [0.1, 0.15) is 6.10 Å². The monoisotopic (exact) mass is 281 g/mol. The van der Waals surface area contributed by atoms with E-state index < -0.39 is 0 Å². The highest BCUT2D eigenvalue weighted by molar-refractivity contribution is 5.18. The van der Waals surface area contributed by atoms with Crippen molar-refractivity contribution in [1.29, 1.82) is 0 Å². The molecular formula is C15H27N3O2. The van der Waals surface area contributed by atoms with Crippen molar-refractivity contribution in [2.75, 3.05) is 13.2 Å². The maximum absolute atomic E-state index is 5.63. The molecule has 0 saturated heterocycles. The molecule has 1 unspecified atom stereocenters. The van der Waals surface area contributed by atoms with E-state index in [1.165, 1.54) is 0 Å². The summed E-state index contributed by atoms with van der Waals surface area (Å²) in [4.78, 5) is 8.65. The van der Waals surface area contributed by atoms with E-state index in [1.807, 2.05) is 27.0 Å². The molecule has 5 nitrogen and oxygen atoms in total.